The van der Waals surface area contributed by atoms with Gasteiger partial charge in [0.2, 0.25) is 0 Å². The number of hydrogen-bond donors (Lipinski definition) is 4. The van der Waals surface area contributed by atoms with Gasteiger partial charge in [-0.25, -0.2) is 8.78 Å². The van der Waals surface area contributed by atoms with Crippen LogP contribution in [-0.4, -0.2) is 18.9 Å². The lowest BCUT2D eigenvalue weighted by Gasteiger charge is -2.12. The second kappa shape index (κ2) is 8.60. The highest BCUT2D eigenvalue weighted by Gasteiger charge is 2.28. The molecular weight excluding hydrogens is 390 g/mol. The van der Waals surface area contributed by atoms with E-state index in [4.69, 9.17) is 11.5 Å². The minimum absolute atomic E-state index is 0.251. The summed E-state index contributed by atoms with van der Waals surface area (Å²) in [6, 6.07) is 13.3. The molecule has 4 rings (SSSR count). The monoisotopic (exact) mass is 410 g/mol. The number of anilines is 2. The summed E-state index contributed by atoms with van der Waals surface area (Å²) in [4.78, 5) is 23.9. The Hall–Kier alpha value is -3.94. The highest BCUT2D eigenvalue weighted by Crippen LogP contribution is 2.33. The molecule has 1 heterocycles. The van der Waals surface area contributed by atoms with Crippen LogP contribution in [0.2, 0.25) is 0 Å². The first-order valence-electron chi connectivity index (χ1n) is 9.04. The number of fused-ring (bicyclic) bond motifs is 1. The van der Waals surface area contributed by atoms with Crippen LogP contribution in [-0.2, 0) is 6.54 Å². The number of carbonyl (C=O) groups is 2. The average molecular weight is 410 g/mol. The standard InChI is InChI=1S/C16H14FN3O2.C6H6FN/c1-19-15(21)11-5-4-9(12-7-20-16(22)14(11)12)10-3-2-8(18)6-13(10)17;7-5-1-3-6(8)4-2-5/h2-6H,7,18H2,1H3,(H,19,21)(H,20,22);1-4H,8H2. The minimum atomic E-state index is -0.464. The molecule has 0 bridgehead atoms. The summed E-state index contributed by atoms with van der Waals surface area (Å²) in [6.07, 6.45) is 0. The van der Waals surface area contributed by atoms with Crippen molar-refractivity contribution in [3.05, 3.63) is 82.9 Å². The van der Waals surface area contributed by atoms with E-state index in [-0.39, 0.29) is 29.7 Å². The number of amides is 2. The normalized spacial score (nSPS) is 11.8. The molecule has 0 aliphatic carbocycles. The van der Waals surface area contributed by atoms with E-state index in [9.17, 15) is 18.4 Å². The maximum atomic E-state index is 14.2. The van der Waals surface area contributed by atoms with E-state index in [1.165, 1.54) is 43.4 Å². The zero-order valence-electron chi connectivity index (χ0n) is 16.1. The first-order chi connectivity index (χ1) is 14.3. The second-order valence-electron chi connectivity index (χ2n) is 6.57. The molecule has 6 N–H and O–H groups in total. The van der Waals surface area contributed by atoms with Crippen molar-refractivity contribution in [3.63, 3.8) is 0 Å². The molecule has 0 spiro atoms. The van der Waals surface area contributed by atoms with E-state index in [1.807, 2.05) is 0 Å². The summed E-state index contributed by atoms with van der Waals surface area (Å²) >= 11 is 0. The number of nitrogens with two attached hydrogens (primary N) is 2. The molecule has 0 saturated heterocycles. The number of halogens is 2. The quantitative estimate of drug-likeness (QED) is 0.487. The molecule has 3 aromatic carbocycles. The molecule has 2 amide bonds. The molecule has 0 saturated carbocycles. The van der Waals surface area contributed by atoms with Crippen molar-refractivity contribution in [2.75, 3.05) is 18.5 Å². The number of nitrogens with one attached hydrogen (secondary N) is 2. The van der Waals surface area contributed by atoms with Crippen LogP contribution < -0.4 is 22.1 Å². The molecule has 0 radical (unpaired) electrons. The number of hydrogen-bond acceptors (Lipinski definition) is 4. The summed E-state index contributed by atoms with van der Waals surface area (Å²) in [7, 11) is 1.50. The predicted molar refractivity (Wildman–Crippen MR) is 112 cm³/mol. The van der Waals surface area contributed by atoms with E-state index in [0.29, 0.717) is 33.6 Å². The van der Waals surface area contributed by atoms with Crippen molar-refractivity contribution in [2.24, 2.45) is 0 Å². The van der Waals surface area contributed by atoms with Crippen molar-refractivity contribution >= 4 is 23.2 Å². The molecule has 8 heteroatoms. The lowest BCUT2D eigenvalue weighted by Crippen LogP contribution is -2.22. The predicted octanol–water partition coefficient (Wildman–Crippen LogP) is 3.09. The van der Waals surface area contributed by atoms with Crippen molar-refractivity contribution in [3.8, 4) is 11.1 Å². The maximum absolute atomic E-state index is 14.2. The molecule has 3 aromatic rings. The first-order valence-corrected chi connectivity index (χ1v) is 9.04. The first kappa shape index (κ1) is 20.8. The van der Waals surface area contributed by atoms with E-state index >= 15 is 0 Å². The third kappa shape index (κ3) is 4.22. The van der Waals surface area contributed by atoms with Crippen LogP contribution in [0.1, 0.15) is 26.3 Å². The SMILES string of the molecule is CNC(=O)c1ccc(-c2ccc(N)cc2F)c2c1C(=O)NC2.Nc1ccc(F)cc1. The van der Waals surface area contributed by atoms with E-state index in [0.717, 1.165) is 0 Å². The second-order valence-corrected chi connectivity index (χ2v) is 6.57. The largest absolute Gasteiger partial charge is 0.399 e. The zero-order chi connectivity index (χ0) is 21.8. The van der Waals surface area contributed by atoms with Gasteiger partial charge in [-0.2, -0.15) is 0 Å². The van der Waals surface area contributed by atoms with E-state index in [2.05, 4.69) is 10.6 Å². The topological polar surface area (TPSA) is 110 Å². The Labute approximate surface area is 171 Å². The molecule has 6 nitrogen and oxygen atoms in total. The van der Waals surface area contributed by atoms with Gasteiger partial charge in [0.15, 0.2) is 0 Å². The lowest BCUT2D eigenvalue weighted by atomic mass is 9.92. The fraction of sp³-hybridized carbons (Fsp3) is 0.0909. The van der Waals surface area contributed by atoms with Crippen LogP contribution in [0.3, 0.4) is 0 Å². The third-order valence-electron chi connectivity index (χ3n) is 4.59. The van der Waals surface area contributed by atoms with Crippen molar-refractivity contribution in [1.82, 2.24) is 10.6 Å². The highest BCUT2D eigenvalue weighted by atomic mass is 19.1. The number of benzene rings is 3. The smallest absolute Gasteiger partial charge is 0.252 e. The molecule has 1 aliphatic heterocycles. The summed E-state index contributed by atoms with van der Waals surface area (Å²) in [6.45, 7) is 0.262. The Morgan fingerprint density at radius 3 is 2.20 bits per heavy atom. The molecule has 0 aromatic heterocycles. The Bertz CT molecular complexity index is 1090. The van der Waals surface area contributed by atoms with Gasteiger partial charge in [-0.1, -0.05) is 6.07 Å². The summed E-state index contributed by atoms with van der Waals surface area (Å²) in [5.41, 5.74) is 13.9. The Morgan fingerprint density at radius 1 is 0.967 bits per heavy atom. The van der Waals surface area contributed by atoms with Gasteiger partial charge in [0.1, 0.15) is 11.6 Å². The minimum Gasteiger partial charge on any atom is -0.399 e. The number of carbonyl (C=O) groups excluding carboxylic acids is 2. The molecule has 0 unspecified atom stereocenters. The van der Waals surface area contributed by atoms with Crippen molar-refractivity contribution in [1.29, 1.82) is 0 Å². The van der Waals surface area contributed by atoms with Gasteiger partial charge in [-0.15, -0.1) is 0 Å². The zero-order valence-corrected chi connectivity index (χ0v) is 16.1. The maximum Gasteiger partial charge on any atom is 0.252 e. The third-order valence-corrected chi connectivity index (χ3v) is 4.59. The van der Waals surface area contributed by atoms with Crippen LogP contribution in [0.5, 0.6) is 0 Å². The van der Waals surface area contributed by atoms with Gasteiger partial charge < -0.3 is 22.1 Å². The fourth-order valence-corrected chi connectivity index (χ4v) is 3.14. The van der Waals surface area contributed by atoms with E-state index < -0.39 is 5.82 Å². The number of nitrogen functional groups attached to an aromatic ring is 2. The molecule has 30 heavy (non-hydrogen) atoms. The van der Waals surface area contributed by atoms with E-state index in [1.54, 1.807) is 18.2 Å². The van der Waals surface area contributed by atoms with Crippen LogP contribution >= 0.6 is 0 Å². The molecule has 0 fully saturated rings. The molecule has 154 valence electrons. The Morgan fingerprint density at radius 2 is 1.60 bits per heavy atom. The van der Waals surface area contributed by atoms with Crippen molar-refractivity contribution < 1.29 is 18.4 Å². The molecule has 0 atom stereocenters. The summed E-state index contributed by atoms with van der Waals surface area (Å²) in [5.74, 6) is -1.39. The Balaban J connectivity index is 0.000000269. The highest BCUT2D eigenvalue weighted by molar-refractivity contribution is 6.11. The average Bonchev–Trinajstić information content (AvgIpc) is 3.12. The van der Waals surface area contributed by atoms with Crippen LogP contribution in [0, 0.1) is 11.6 Å². The lowest BCUT2D eigenvalue weighted by molar-refractivity contribution is 0.0932. The van der Waals surface area contributed by atoms with Gasteiger partial charge in [0, 0.05) is 30.5 Å². The summed E-state index contributed by atoms with van der Waals surface area (Å²) in [5, 5.41) is 5.18. The number of rotatable bonds is 2. The van der Waals surface area contributed by atoms with Crippen LogP contribution in [0.15, 0.2) is 54.6 Å². The van der Waals surface area contributed by atoms with Crippen LogP contribution in [0.25, 0.3) is 11.1 Å². The van der Waals surface area contributed by atoms with Gasteiger partial charge in [-0.05, 0) is 59.7 Å². The van der Waals surface area contributed by atoms with Crippen molar-refractivity contribution in [2.45, 2.75) is 6.54 Å². The van der Waals surface area contributed by atoms with Crippen LogP contribution in [0.4, 0.5) is 20.2 Å². The Kier molecular flexibility index (Phi) is 5.96. The van der Waals surface area contributed by atoms with Gasteiger partial charge in [0.05, 0.1) is 11.1 Å². The summed E-state index contributed by atoms with van der Waals surface area (Å²) < 4.78 is 26.2. The van der Waals surface area contributed by atoms with Gasteiger partial charge in [-0.3, -0.25) is 9.59 Å². The molecular formula is C22H20F2N4O2. The fourth-order valence-electron chi connectivity index (χ4n) is 3.14. The molecule has 1 aliphatic rings. The van der Waals surface area contributed by atoms with Gasteiger partial charge >= 0.3 is 0 Å². The van der Waals surface area contributed by atoms with Gasteiger partial charge in [0.25, 0.3) is 11.8 Å².